The standard InChI is InChI=1S/C28H33ClN4O2Si/c1-28(2,3)36(22-14-7-5-8-15-22,23-16-9-6-10-17-23)35-21-13-11-12-20(18-21)33-25-24(32(4)27(33)34)19-30-26(29)31-25/h5-10,14-17,19-21H,11-13,18H2,1-4H3. The van der Waals surface area contributed by atoms with Crippen molar-refractivity contribution in [2.75, 3.05) is 0 Å². The Bertz CT molecular complexity index is 1370. The van der Waals surface area contributed by atoms with Gasteiger partial charge in [-0.1, -0.05) is 81.4 Å². The highest BCUT2D eigenvalue weighted by Crippen LogP contribution is 2.40. The molecule has 0 saturated heterocycles. The SMILES string of the molecule is Cn1c(=O)n(C2CCCC(O[Si](c3ccccc3)(c3ccccc3)C(C)(C)C)C2)c2nc(Cl)ncc21. The average Bonchev–Trinajstić information content (AvgIpc) is 3.12. The molecular formula is C28H33ClN4O2Si. The molecule has 0 amide bonds. The van der Waals surface area contributed by atoms with E-state index in [4.69, 9.17) is 16.0 Å². The molecule has 2 heterocycles. The molecule has 1 fully saturated rings. The fourth-order valence-corrected chi connectivity index (χ4v) is 10.7. The summed E-state index contributed by atoms with van der Waals surface area (Å²) in [5.74, 6) is 0. The molecule has 0 aliphatic heterocycles. The van der Waals surface area contributed by atoms with Crippen LogP contribution in [0, 0.1) is 0 Å². The number of halogens is 1. The normalized spacial score (nSPS) is 19.0. The number of aromatic nitrogens is 4. The maximum atomic E-state index is 13.3. The molecule has 1 saturated carbocycles. The van der Waals surface area contributed by atoms with E-state index in [9.17, 15) is 4.79 Å². The minimum absolute atomic E-state index is 0.0101. The average molecular weight is 521 g/mol. The minimum atomic E-state index is -2.68. The molecule has 1 aliphatic carbocycles. The molecule has 2 atom stereocenters. The van der Waals surface area contributed by atoms with Gasteiger partial charge in [-0.05, 0) is 52.7 Å². The van der Waals surface area contributed by atoms with Crippen LogP contribution in [0.15, 0.2) is 71.7 Å². The minimum Gasteiger partial charge on any atom is -0.404 e. The van der Waals surface area contributed by atoms with Crippen molar-refractivity contribution >= 4 is 41.5 Å². The second-order valence-corrected chi connectivity index (χ2v) is 15.4. The lowest BCUT2D eigenvalue weighted by Crippen LogP contribution is -2.68. The Kier molecular flexibility index (Phi) is 6.66. The van der Waals surface area contributed by atoms with Crippen LogP contribution in [-0.4, -0.2) is 33.5 Å². The monoisotopic (exact) mass is 520 g/mol. The van der Waals surface area contributed by atoms with Crippen molar-refractivity contribution in [3.8, 4) is 0 Å². The van der Waals surface area contributed by atoms with E-state index < -0.39 is 8.32 Å². The molecule has 2 unspecified atom stereocenters. The second-order valence-electron chi connectivity index (χ2n) is 10.8. The molecule has 2 aromatic carbocycles. The molecule has 0 radical (unpaired) electrons. The summed E-state index contributed by atoms with van der Waals surface area (Å²) in [6.07, 6.45) is 5.26. The number of imidazole rings is 1. The third-order valence-electron chi connectivity index (χ3n) is 7.53. The first-order valence-corrected chi connectivity index (χ1v) is 14.9. The number of benzene rings is 2. The molecule has 188 valence electrons. The van der Waals surface area contributed by atoms with E-state index in [1.807, 2.05) is 4.57 Å². The van der Waals surface area contributed by atoms with Gasteiger partial charge in [0, 0.05) is 19.2 Å². The zero-order chi connectivity index (χ0) is 25.5. The van der Waals surface area contributed by atoms with Crippen molar-refractivity contribution in [2.45, 2.75) is 63.6 Å². The van der Waals surface area contributed by atoms with E-state index in [1.54, 1.807) is 17.8 Å². The molecule has 4 aromatic rings. The van der Waals surface area contributed by atoms with Gasteiger partial charge in [0.05, 0.1) is 6.20 Å². The van der Waals surface area contributed by atoms with Gasteiger partial charge in [-0.3, -0.25) is 9.13 Å². The van der Waals surface area contributed by atoms with Gasteiger partial charge < -0.3 is 4.43 Å². The van der Waals surface area contributed by atoms with Crippen LogP contribution in [0.2, 0.25) is 10.3 Å². The van der Waals surface area contributed by atoms with Crippen LogP contribution in [0.25, 0.3) is 11.2 Å². The third-order valence-corrected chi connectivity index (χ3v) is 12.8. The van der Waals surface area contributed by atoms with E-state index in [1.165, 1.54) is 10.4 Å². The van der Waals surface area contributed by atoms with Crippen LogP contribution in [0.5, 0.6) is 0 Å². The summed E-state index contributed by atoms with van der Waals surface area (Å²) < 4.78 is 10.8. The Balaban J connectivity index is 1.57. The molecule has 0 bridgehead atoms. The van der Waals surface area contributed by atoms with Gasteiger partial charge in [0.2, 0.25) is 5.28 Å². The largest absolute Gasteiger partial charge is 0.404 e. The van der Waals surface area contributed by atoms with Gasteiger partial charge in [0.15, 0.2) is 5.65 Å². The zero-order valence-electron chi connectivity index (χ0n) is 21.3. The van der Waals surface area contributed by atoms with Crippen molar-refractivity contribution < 1.29 is 4.43 Å². The van der Waals surface area contributed by atoms with E-state index in [0.717, 1.165) is 25.7 Å². The van der Waals surface area contributed by atoms with Crippen molar-refractivity contribution in [1.82, 2.24) is 19.1 Å². The Morgan fingerprint density at radius 3 is 2.19 bits per heavy atom. The highest BCUT2D eigenvalue weighted by Gasteiger charge is 2.51. The summed E-state index contributed by atoms with van der Waals surface area (Å²) in [5.41, 5.74) is 1.20. The van der Waals surface area contributed by atoms with Gasteiger partial charge >= 0.3 is 5.69 Å². The predicted molar refractivity (Wildman–Crippen MR) is 148 cm³/mol. The lowest BCUT2D eigenvalue weighted by molar-refractivity contribution is 0.116. The van der Waals surface area contributed by atoms with Crippen LogP contribution in [0.3, 0.4) is 0 Å². The van der Waals surface area contributed by atoms with E-state index in [0.29, 0.717) is 11.2 Å². The lowest BCUT2D eigenvalue weighted by Gasteiger charge is -2.46. The van der Waals surface area contributed by atoms with Crippen LogP contribution >= 0.6 is 11.6 Å². The Hall–Kier alpha value is -2.74. The van der Waals surface area contributed by atoms with Gasteiger partial charge in [-0.15, -0.1) is 0 Å². The topological polar surface area (TPSA) is 61.9 Å². The Morgan fingerprint density at radius 1 is 1.00 bits per heavy atom. The highest BCUT2D eigenvalue weighted by atomic mass is 35.5. The van der Waals surface area contributed by atoms with E-state index >= 15 is 0 Å². The molecule has 0 N–H and O–H groups in total. The molecular weight excluding hydrogens is 488 g/mol. The summed E-state index contributed by atoms with van der Waals surface area (Å²) in [7, 11) is -0.916. The smallest absolute Gasteiger partial charge is 0.330 e. The zero-order valence-corrected chi connectivity index (χ0v) is 23.1. The van der Waals surface area contributed by atoms with Crippen molar-refractivity contribution in [3.05, 3.63) is 82.6 Å². The number of fused-ring (bicyclic) bond motifs is 1. The summed E-state index contributed by atoms with van der Waals surface area (Å²) >= 11 is 6.13. The van der Waals surface area contributed by atoms with Crippen LogP contribution in [0.1, 0.15) is 52.5 Å². The maximum Gasteiger partial charge on any atom is 0.330 e. The first-order chi connectivity index (χ1) is 17.2. The Labute approximate surface area is 218 Å². The second kappa shape index (κ2) is 9.61. The van der Waals surface area contributed by atoms with E-state index in [2.05, 4.69) is 91.4 Å². The number of hydrogen-bond acceptors (Lipinski definition) is 4. The van der Waals surface area contributed by atoms with Gasteiger partial charge in [0.25, 0.3) is 8.32 Å². The molecule has 2 aromatic heterocycles. The summed E-state index contributed by atoms with van der Waals surface area (Å²) in [5, 5.41) is 2.60. The van der Waals surface area contributed by atoms with Gasteiger partial charge in [-0.25, -0.2) is 9.78 Å². The van der Waals surface area contributed by atoms with Gasteiger partial charge in [0.1, 0.15) is 5.52 Å². The first kappa shape index (κ1) is 24.9. The fourth-order valence-electron chi connectivity index (χ4n) is 5.85. The quantitative estimate of drug-likeness (QED) is 0.279. The highest BCUT2D eigenvalue weighted by molar-refractivity contribution is 6.99. The van der Waals surface area contributed by atoms with Gasteiger partial charge in [-0.2, -0.15) is 4.98 Å². The predicted octanol–water partition coefficient (Wildman–Crippen LogP) is 4.84. The summed E-state index contributed by atoms with van der Waals surface area (Å²) in [6, 6.07) is 21.4. The maximum absolute atomic E-state index is 13.3. The summed E-state index contributed by atoms with van der Waals surface area (Å²) in [4.78, 5) is 21.8. The van der Waals surface area contributed by atoms with Crippen LogP contribution in [0.4, 0.5) is 0 Å². The molecule has 6 nitrogen and oxygen atoms in total. The van der Waals surface area contributed by atoms with Crippen molar-refractivity contribution in [2.24, 2.45) is 7.05 Å². The molecule has 36 heavy (non-hydrogen) atoms. The van der Waals surface area contributed by atoms with Crippen molar-refractivity contribution in [1.29, 1.82) is 0 Å². The molecule has 5 rings (SSSR count). The van der Waals surface area contributed by atoms with Crippen molar-refractivity contribution in [3.63, 3.8) is 0 Å². The van der Waals surface area contributed by atoms with E-state index in [-0.39, 0.29) is 28.2 Å². The number of nitrogens with zero attached hydrogens (tertiary/aromatic N) is 4. The number of hydrogen-bond donors (Lipinski definition) is 0. The molecule has 8 heteroatoms. The molecule has 0 spiro atoms. The summed E-state index contributed by atoms with van der Waals surface area (Å²) in [6.45, 7) is 6.90. The number of aryl methyl sites for hydroxylation is 1. The Morgan fingerprint density at radius 2 is 1.61 bits per heavy atom. The number of rotatable bonds is 5. The first-order valence-electron chi connectivity index (χ1n) is 12.6. The fraction of sp³-hybridized carbons (Fsp3) is 0.393. The lowest BCUT2D eigenvalue weighted by atomic mass is 9.93. The third kappa shape index (κ3) is 4.23. The van der Waals surface area contributed by atoms with Crippen LogP contribution in [-0.2, 0) is 11.5 Å². The van der Waals surface area contributed by atoms with Crippen LogP contribution < -0.4 is 16.1 Å². The molecule has 1 aliphatic rings.